The van der Waals surface area contributed by atoms with Crippen molar-refractivity contribution in [2.45, 2.75) is 22.7 Å². The number of thioether (sulfide) groups is 1. The molecule has 0 spiro atoms. The number of fused-ring (bicyclic) bond motifs is 1. The van der Waals surface area contributed by atoms with Crippen molar-refractivity contribution in [3.8, 4) is 5.75 Å². The molecule has 154 valence electrons. The predicted molar refractivity (Wildman–Crippen MR) is 115 cm³/mol. The summed E-state index contributed by atoms with van der Waals surface area (Å²) >= 11 is 19.1. The van der Waals surface area contributed by atoms with Gasteiger partial charge in [0.1, 0.15) is 23.5 Å². The molecule has 0 radical (unpaired) electrons. The second kappa shape index (κ2) is 9.91. The van der Waals surface area contributed by atoms with Gasteiger partial charge in [-0.25, -0.2) is 0 Å². The predicted octanol–water partition coefficient (Wildman–Crippen LogP) is 4.01. The fourth-order valence-corrected chi connectivity index (χ4v) is 4.18. The van der Waals surface area contributed by atoms with E-state index >= 15 is 0 Å². The molecule has 2 aromatic rings. The molecule has 0 aromatic heterocycles. The van der Waals surface area contributed by atoms with Gasteiger partial charge < -0.3 is 20.5 Å². The van der Waals surface area contributed by atoms with Gasteiger partial charge in [-0.05, 0) is 30.3 Å². The number of nitrogens with one attached hydrogen (secondary N) is 2. The molecule has 0 aliphatic carbocycles. The third kappa shape index (κ3) is 5.93. The van der Waals surface area contributed by atoms with Crippen LogP contribution in [0.2, 0.25) is 15.1 Å². The van der Waals surface area contributed by atoms with E-state index in [4.69, 9.17) is 39.5 Å². The zero-order valence-corrected chi connectivity index (χ0v) is 18.0. The van der Waals surface area contributed by atoms with Crippen molar-refractivity contribution >= 4 is 64.1 Å². The number of carbonyl (C=O) groups is 2. The molecule has 0 bridgehead atoms. The van der Waals surface area contributed by atoms with Crippen LogP contribution in [-0.4, -0.2) is 41.4 Å². The van der Waals surface area contributed by atoms with E-state index in [0.29, 0.717) is 21.5 Å². The van der Waals surface area contributed by atoms with Crippen molar-refractivity contribution in [2.24, 2.45) is 0 Å². The summed E-state index contributed by atoms with van der Waals surface area (Å²) in [5.41, 5.74) is 0.636. The Morgan fingerprint density at radius 1 is 1.28 bits per heavy atom. The SMILES string of the molecule is O=C(CC1Sc2ccc(Cl)cc2NC1=O)NCC(O)COc1cccc(Cl)c1Cl. The highest BCUT2D eigenvalue weighted by Crippen LogP contribution is 2.38. The van der Waals surface area contributed by atoms with Crippen LogP contribution in [0.25, 0.3) is 0 Å². The summed E-state index contributed by atoms with van der Waals surface area (Å²) < 4.78 is 5.43. The van der Waals surface area contributed by atoms with E-state index in [2.05, 4.69) is 10.6 Å². The molecule has 10 heteroatoms. The van der Waals surface area contributed by atoms with E-state index in [1.807, 2.05) is 0 Å². The minimum Gasteiger partial charge on any atom is -0.489 e. The molecule has 2 aromatic carbocycles. The Kier molecular flexibility index (Phi) is 7.54. The van der Waals surface area contributed by atoms with Crippen molar-refractivity contribution in [3.63, 3.8) is 0 Å². The lowest BCUT2D eigenvalue weighted by atomic mass is 10.2. The lowest BCUT2D eigenvalue weighted by Gasteiger charge is -2.24. The van der Waals surface area contributed by atoms with Gasteiger partial charge in [-0.2, -0.15) is 0 Å². The van der Waals surface area contributed by atoms with Crippen LogP contribution in [0.4, 0.5) is 5.69 Å². The average molecular weight is 476 g/mol. The molecular formula is C19H17Cl3N2O4S. The van der Waals surface area contributed by atoms with E-state index in [-0.39, 0.29) is 36.4 Å². The first-order valence-electron chi connectivity index (χ1n) is 8.62. The van der Waals surface area contributed by atoms with Gasteiger partial charge in [0.15, 0.2) is 0 Å². The molecule has 3 rings (SSSR count). The molecule has 2 unspecified atom stereocenters. The standard InChI is InChI=1S/C19H17Cl3N2O4S/c20-10-4-5-15-13(6-10)24-19(27)16(29-15)7-17(26)23-8-11(25)9-28-14-3-1-2-12(21)18(14)22/h1-6,11,16,25H,7-9H2,(H,23,26)(H,24,27). The number of aliphatic hydroxyl groups is 1. The number of hydrogen-bond donors (Lipinski definition) is 3. The first-order chi connectivity index (χ1) is 13.8. The van der Waals surface area contributed by atoms with Crippen LogP contribution in [0.15, 0.2) is 41.3 Å². The van der Waals surface area contributed by atoms with Gasteiger partial charge in [-0.15, -0.1) is 11.8 Å². The van der Waals surface area contributed by atoms with Crippen LogP contribution < -0.4 is 15.4 Å². The van der Waals surface area contributed by atoms with Crippen LogP contribution in [0, 0.1) is 0 Å². The van der Waals surface area contributed by atoms with Crippen LogP contribution in [0.1, 0.15) is 6.42 Å². The molecule has 2 atom stereocenters. The molecule has 1 aliphatic rings. The van der Waals surface area contributed by atoms with Gasteiger partial charge in [0.25, 0.3) is 0 Å². The Hall–Kier alpha value is -1.64. The Morgan fingerprint density at radius 3 is 2.86 bits per heavy atom. The first-order valence-corrected chi connectivity index (χ1v) is 10.6. The zero-order valence-electron chi connectivity index (χ0n) is 15.0. The number of aliphatic hydroxyl groups excluding tert-OH is 1. The molecule has 0 saturated heterocycles. The normalized spacial score (nSPS) is 16.6. The number of rotatable bonds is 7. The quantitative estimate of drug-likeness (QED) is 0.563. The largest absolute Gasteiger partial charge is 0.489 e. The minimum absolute atomic E-state index is 0.0216. The Bertz CT molecular complexity index is 928. The second-order valence-corrected chi connectivity index (χ2v) is 8.73. The Balaban J connectivity index is 1.45. The van der Waals surface area contributed by atoms with Crippen molar-refractivity contribution in [1.29, 1.82) is 0 Å². The maximum atomic E-state index is 12.2. The average Bonchev–Trinajstić information content (AvgIpc) is 2.68. The number of halogens is 3. The molecule has 1 heterocycles. The smallest absolute Gasteiger partial charge is 0.238 e. The number of carbonyl (C=O) groups excluding carboxylic acids is 2. The van der Waals surface area contributed by atoms with Crippen LogP contribution in [0.3, 0.4) is 0 Å². The minimum atomic E-state index is -0.954. The summed E-state index contributed by atoms with van der Waals surface area (Å²) in [7, 11) is 0. The molecule has 6 nitrogen and oxygen atoms in total. The Labute approximate surface area is 186 Å². The van der Waals surface area contributed by atoms with Crippen LogP contribution in [-0.2, 0) is 9.59 Å². The van der Waals surface area contributed by atoms with E-state index in [1.165, 1.54) is 11.8 Å². The molecule has 29 heavy (non-hydrogen) atoms. The maximum Gasteiger partial charge on any atom is 0.238 e. The van der Waals surface area contributed by atoms with Crippen molar-refractivity contribution in [1.82, 2.24) is 5.32 Å². The fourth-order valence-electron chi connectivity index (χ4n) is 2.57. The zero-order chi connectivity index (χ0) is 21.0. The van der Waals surface area contributed by atoms with Gasteiger partial charge in [0.05, 0.1) is 16.0 Å². The molecule has 3 N–H and O–H groups in total. The summed E-state index contributed by atoms with van der Waals surface area (Å²) in [4.78, 5) is 25.2. The van der Waals surface area contributed by atoms with Gasteiger partial charge in [0, 0.05) is 22.9 Å². The van der Waals surface area contributed by atoms with E-state index in [9.17, 15) is 14.7 Å². The number of ether oxygens (including phenoxy) is 1. The van der Waals surface area contributed by atoms with Crippen molar-refractivity contribution in [2.75, 3.05) is 18.5 Å². The summed E-state index contributed by atoms with van der Waals surface area (Å²) in [6.45, 7) is -0.102. The number of benzene rings is 2. The highest BCUT2D eigenvalue weighted by Gasteiger charge is 2.29. The van der Waals surface area contributed by atoms with Gasteiger partial charge in [0.2, 0.25) is 11.8 Å². The topological polar surface area (TPSA) is 87.7 Å². The van der Waals surface area contributed by atoms with Gasteiger partial charge in [-0.3, -0.25) is 9.59 Å². The summed E-state index contributed by atoms with van der Waals surface area (Å²) in [6.07, 6.45) is -0.976. The fraction of sp³-hybridized carbons (Fsp3) is 0.263. The molecule has 1 aliphatic heterocycles. The molecule has 0 saturated carbocycles. The van der Waals surface area contributed by atoms with Gasteiger partial charge >= 0.3 is 0 Å². The molecule has 2 amide bonds. The summed E-state index contributed by atoms with van der Waals surface area (Å²) in [5.74, 6) is -0.270. The van der Waals surface area contributed by atoms with Crippen molar-refractivity contribution in [3.05, 3.63) is 51.5 Å². The van der Waals surface area contributed by atoms with Crippen molar-refractivity contribution < 1.29 is 19.4 Å². The highest BCUT2D eigenvalue weighted by atomic mass is 35.5. The van der Waals surface area contributed by atoms with E-state index < -0.39 is 11.4 Å². The van der Waals surface area contributed by atoms with Gasteiger partial charge in [-0.1, -0.05) is 40.9 Å². The second-order valence-electron chi connectivity index (χ2n) is 6.26. The van der Waals surface area contributed by atoms with Crippen LogP contribution in [0.5, 0.6) is 5.75 Å². The van der Waals surface area contributed by atoms with Crippen LogP contribution >= 0.6 is 46.6 Å². The number of amides is 2. The molecular weight excluding hydrogens is 459 g/mol. The number of hydrogen-bond acceptors (Lipinski definition) is 5. The summed E-state index contributed by atoms with van der Waals surface area (Å²) in [6, 6.07) is 10.1. The third-order valence-electron chi connectivity index (χ3n) is 4.01. The lowest BCUT2D eigenvalue weighted by molar-refractivity contribution is -0.124. The highest BCUT2D eigenvalue weighted by molar-refractivity contribution is 8.01. The molecule has 0 fully saturated rings. The Morgan fingerprint density at radius 2 is 2.07 bits per heavy atom. The lowest BCUT2D eigenvalue weighted by Crippen LogP contribution is -2.39. The number of anilines is 1. The maximum absolute atomic E-state index is 12.2. The third-order valence-corrected chi connectivity index (χ3v) is 6.33. The van der Waals surface area contributed by atoms with E-state index in [0.717, 1.165) is 4.90 Å². The van der Waals surface area contributed by atoms with E-state index in [1.54, 1.807) is 36.4 Å². The monoisotopic (exact) mass is 474 g/mol. The summed E-state index contributed by atoms with van der Waals surface area (Å²) in [5, 5.41) is 15.9. The first kappa shape index (κ1) is 22.1.